The van der Waals surface area contributed by atoms with Gasteiger partial charge in [-0.15, -0.1) is 0 Å². The number of hydrogen-bond acceptors (Lipinski definition) is 9. The van der Waals surface area contributed by atoms with Gasteiger partial charge in [-0.05, 0) is 12.1 Å². The number of morpholine rings is 1. The van der Waals surface area contributed by atoms with Gasteiger partial charge in [0.05, 0.1) is 30.5 Å². The lowest BCUT2D eigenvalue weighted by molar-refractivity contribution is -0.138. The number of carbonyl (C=O) groups is 2. The van der Waals surface area contributed by atoms with Gasteiger partial charge in [-0.1, -0.05) is 0 Å². The summed E-state index contributed by atoms with van der Waals surface area (Å²) >= 11 is 0. The zero-order valence-corrected chi connectivity index (χ0v) is 19.1. The van der Waals surface area contributed by atoms with Crippen LogP contribution in [0.3, 0.4) is 0 Å². The van der Waals surface area contributed by atoms with E-state index in [0.717, 1.165) is 10.9 Å². The molecule has 0 aromatic carbocycles. The summed E-state index contributed by atoms with van der Waals surface area (Å²) in [5, 5.41) is 5.21. The Labute approximate surface area is 196 Å². The second-order valence-electron chi connectivity index (χ2n) is 8.37. The Hall–Kier alpha value is -3.80. The Morgan fingerprint density at radius 1 is 1.00 bits per heavy atom. The molecule has 2 amide bonds. The summed E-state index contributed by atoms with van der Waals surface area (Å²) in [6.07, 6.45) is 3.36. The van der Waals surface area contributed by atoms with E-state index in [9.17, 15) is 9.59 Å². The van der Waals surface area contributed by atoms with Crippen molar-refractivity contribution >= 4 is 34.6 Å². The Bertz CT molecular complexity index is 1200. The fourth-order valence-corrected chi connectivity index (χ4v) is 4.23. The van der Waals surface area contributed by atoms with Crippen LogP contribution in [-0.4, -0.2) is 98.8 Å². The molecule has 178 valence electrons. The van der Waals surface area contributed by atoms with Crippen LogP contribution in [0.2, 0.25) is 0 Å². The van der Waals surface area contributed by atoms with Gasteiger partial charge in [0.25, 0.3) is 0 Å². The first-order valence-corrected chi connectivity index (χ1v) is 11.3. The molecule has 2 aliphatic heterocycles. The third-order valence-electron chi connectivity index (χ3n) is 6.20. The number of pyridine rings is 1. The normalized spacial score (nSPS) is 16.8. The molecule has 0 spiro atoms. The lowest BCUT2D eigenvalue weighted by Crippen LogP contribution is -2.50. The van der Waals surface area contributed by atoms with E-state index in [1.165, 1.54) is 0 Å². The first kappa shape index (κ1) is 22.0. The van der Waals surface area contributed by atoms with Gasteiger partial charge in [0.1, 0.15) is 12.4 Å². The van der Waals surface area contributed by atoms with Crippen molar-refractivity contribution in [1.29, 1.82) is 0 Å². The minimum absolute atomic E-state index is 0.0298. The van der Waals surface area contributed by atoms with Crippen molar-refractivity contribution < 1.29 is 14.3 Å². The van der Waals surface area contributed by atoms with Crippen molar-refractivity contribution in [2.75, 3.05) is 63.1 Å². The molecule has 2 aliphatic rings. The third kappa shape index (κ3) is 4.36. The van der Waals surface area contributed by atoms with Crippen LogP contribution in [0, 0.1) is 0 Å². The zero-order chi connectivity index (χ0) is 23.7. The molecule has 12 heteroatoms. The van der Waals surface area contributed by atoms with E-state index in [4.69, 9.17) is 20.4 Å². The zero-order valence-electron chi connectivity index (χ0n) is 19.1. The second-order valence-corrected chi connectivity index (χ2v) is 8.37. The van der Waals surface area contributed by atoms with E-state index in [2.05, 4.69) is 15.0 Å². The largest absolute Gasteiger partial charge is 0.384 e. The summed E-state index contributed by atoms with van der Waals surface area (Å²) < 4.78 is 7.09. The van der Waals surface area contributed by atoms with Gasteiger partial charge in [0.15, 0.2) is 5.65 Å². The molecule has 2 N–H and O–H groups in total. The van der Waals surface area contributed by atoms with E-state index in [-0.39, 0.29) is 18.4 Å². The summed E-state index contributed by atoms with van der Waals surface area (Å²) in [5.41, 5.74) is 7.84. The number of amides is 2. The molecule has 34 heavy (non-hydrogen) atoms. The Balaban J connectivity index is 1.47. The van der Waals surface area contributed by atoms with Gasteiger partial charge >= 0.3 is 0 Å². The number of nitrogens with zero attached hydrogens (tertiary/aromatic N) is 8. The number of ether oxygens (including phenoxy) is 1. The quantitative estimate of drug-likeness (QED) is 0.564. The number of aromatic nitrogens is 5. The average Bonchev–Trinajstić information content (AvgIpc) is 3.27. The van der Waals surface area contributed by atoms with E-state index < -0.39 is 0 Å². The van der Waals surface area contributed by atoms with E-state index >= 15 is 0 Å². The Morgan fingerprint density at radius 2 is 1.74 bits per heavy atom. The highest BCUT2D eigenvalue weighted by molar-refractivity contribution is 5.92. The van der Waals surface area contributed by atoms with Crippen molar-refractivity contribution in [3.8, 4) is 11.3 Å². The highest BCUT2D eigenvalue weighted by atomic mass is 16.5. The van der Waals surface area contributed by atoms with Gasteiger partial charge in [0, 0.05) is 58.0 Å². The van der Waals surface area contributed by atoms with Gasteiger partial charge in [0.2, 0.25) is 17.8 Å². The molecule has 5 heterocycles. The van der Waals surface area contributed by atoms with Crippen molar-refractivity contribution in [2.24, 2.45) is 0 Å². The fourth-order valence-electron chi connectivity index (χ4n) is 4.23. The Morgan fingerprint density at radius 3 is 2.41 bits per heavy atom. The summed E-state index contributed by atoms with van der Waals surface area (Å²) in [4.78, 5) is 44.0. The number of rotatable bonds is 4. The van der Waals surface area contributed by atoms with Gasteiger partial charge < -0.3 is 25.2 Å². The standard InChI is InChI=1S/C22H27N9O3/c1-15(32)28-4-6-29(7-5-28)19(33)14-31-21-17(13-25-31)20(16-2-3-18(23)24-12-16)26-22(27-21)30-8-10-34-11-9-30/h2-3,12-13H,4-11,14H2,1H3,(H2,23,24). The number of nitrogen functional groups attached to an aromatic ring is 1. The van der Waals surface area contributed by atoms with E-state index in [1.807, 2.05) is 6.07 Å². The van der Waals surface area contributed by atoms with Crippen molar-refractivity contribution in [3.05, 3.63) is 24.5 Å². The second kappa shape index (κ2) is 9.21. The number of carbonyl (C=O) groups excluding carboxylic acids is 2. The maximum Gasteiger partial charge on any atom is 0.244 e. The van der Waals surface area contributed by atoms with Crippen LogP contribution in [0.4, 0.5) is 11.8 Å². The molecular weight excluding hydrogens is 438 g/mol. The monoisotopic (exact) mass is 465 g/mol. The SMILES string of the molecule is CC(=O)N1CCN(C(=O)Cn2ncc3c(-c4ccc(N)nc4)nc(N4CCOCC4)nc32)CC1. The molecule has 0 bridgehead atoms. The fraction of sp³-hybridized carbons (Fsp3) is 0.455. The number of fused-ring (bicyclic) bond motifs is 1. The summed E-state index contributed by atoms with van der Waals surface area (Å²) in [6.45, 7) is 6.26. The molecule has 0 aliphatic carbocycles. The summed E-state index contributed by atoms with van der Waals surface area (Å²) in [5.74, 6) is 0.957. The molecular formula is C22H27N9O3. The highest BCUT2D eigenvalue weighted by Crippen LogP contribution is 2.28. The van der Waals surface area contributed by atoms with Crippen LogP contribution in [-0.2, 0) is 20.9 Å². The number of piperazine rings is 1. The summed E-state index contributed by atoms with van der Waals surface area (Å²) in [6, 6.07) is 3.59. The molecule has 0 radical (unpaired) electrons. The predicted octanol–water partition coefficient (Wildman–Crippen LogP) is -0.00220. The van der Waals surface area contributed by atoms with E-state index in [1.54, 1.807) is 39.9 Å². The van der Waals surface area contributed by atoms with Crippen LogP contribution in [0.15, 0.2) is 24.5 Å². The smallest absolute Gasteiger partial charge is 0.244 e. The van der Waals surface area contributed by atoms with Gasteiger partial charge in [-0.25, -0.2) is 14.6 Å². The molecule has 5 rings (SSSR count). The molecule has 0 unspecified atom stereocenters. The van der Waals surface area contributed by atoms with Crippen molar-refractivity contribution in [2.45, 2.75) is 13.5 Å². The number of nitrogens with two attached hydrogens (primary N) is 1. The first-order valence-electron chi connectivity index (χ1n) is 11.3. The number of hydrogen-bond donors (Lipinski definition) is 1. The number of anilines is 2. The minimum atomic E-state index is -0.0598. The maximum atomic E-state index is 13.0. The molecule has 3 aromatic rings. The highest BCUT2D eigenvalue weighted by Gasteiger charge is 2.25. The summed E-state index contributed by atoms with van der Waals surface area (Å²) in [7, 11) is 0. The molecule has 2 saturated heterocycles. The third-order valence-corrected chi connectivity index (χ3v) is 6.20. The van der Waals surface area contributed by atoms with Gasteiger partial charge in [-0.3, -0.25) is 9.59 Å². The van der Waals surface area contributed by atoms with Crippen LogP contribution in [0.1, 0.15) is 6.92 Å². The lowest BCUT2D eigenvalue weighted by Gasteiger charge is -2.34. The predicted molar refractivity (Wildman–Crippen MR) is 125 cm³/mol. The van der Waals surface area contributed by atoms with Crippen LogP contribution in [0.25, 0.3) is 22.3 Å². The maximum absolute atomic E-state index is 13.0. The first-order chi connectivity index (χ1) is 16.5. The average molecular weight is 466 g/mol. The van der Waals surface area contributed by atoms with Crippen molar-refractivity contribution in [3.63, 3.8) is 0 Å². The Kier molecular flexibility index (Phi) is 5.97. The van der Waals surface area contributed by atoms with Crippen LogP contribution < -0.4 is 10.6 Å². The molecule has 12 nitrogen and oxygen atoms in total. The van der Waals surface area contributed by atoms with E-state index in [0.29, 0.717) is 75.6 Å². The van der Waals surface area contributed by atoms with Crippen LogP contribution in [0.5, 0.6) is 0 Å². The van der Waals surface area contributed by atoms with Crippen molar-refractivity contribution in [1.82, 2.24) is 34.5 Å². The molecule has 0 saturated carbocycles. The molecule has 2 fully saturated rings. The van der Waals surface area contributed by atoms with Crippen LogP contribution >= 0.6 is 0 Å². The van der Waals surface area contributed by atoms with Gasteiger partial charge in [-0.2, -0.15) is 10.1 Å². The molecule has 0 atom stereocenters. The minimum Gasteiger partial charge on any atom is -0.384 e. The molecule has 3 aromatic heterocycles. The topological polar surface area (TPSA) is 136 Å². The lowest BCUT2D eigenvalue weighted by atomic mass is 10.1.